The molecule has 54 heavy (non-hydrogen) atoms. The molecule has 0 radical (unpaired) electrons. The van der Waals surface area contributed by atoms with Gasteiger partial charge < -0.3 is 9.80 Å². The third-order valence-corrected chi connectivity index (χ3v) is 11.6. The monoisotopic (exact) mass is 694 g/mol. The molecule has 0 atom stereocenters. The van der Waals surface area contributed by atoms with E-state index in [0.29, 0.717) is 0 Å². The van der Waals surface area contributed by atoms with Gasteiger partial charge in [-0.15, -0.1) is 0 Å². The minimum Gasteiger partial charge on any atom is -0.341 e. The summed E-state index contributed by atoms with van der Waals surface area (Å²) in [5.74, 6) is 0. The number of aryl methyl sites for hydroxylation is 2. The highest BCUT2D eigenvalue weighted by Gasteiger charge is 2.25. The molecule has 0 bridgehead atoms. The van der Waals surface area contributed by atoms with Crippen LogP contribution in [0.25, 0.3) is 65.9 Å². The fourth-order valence-electron chi connectivity index (χ4n) is 9.11. The Hall–Kier alpha value is -6.52. The highest BCUT2D eigenvalue weighted by atomic mass is 15.1. The number of benzene rings is 7. The quantitative estimate of drug-likeness (QED) is 0.172. The summed E-state index contributed by atoms with van der Waals surface area (Å²) < 4.78 is 0. The van der Waals surface area contributed by atoms with Crippen molar-refractivity contribution >= 4 is 66.1 Å². The zero-order valence-corrected chi connectivity index (χ0v) is 30.0. The van der Waals surface area contributed by atoms with Crippen molar-refractivity contribution in [2.24, 2.45) is 0 Å². The van der Waals surface area contributed by atoms with Gasteiger partial charge in [-0.25, -0.2) is 9.97 Å². The van der Waals surface area contributed by atoms with Crippen LogP contribution in [0.15, 0.2) is 158 Å². The van der Waals surface area contributed by atoms with E-state index in [0.717, 1.165) is 83.1 Å². The molecule has 0 aliphatic carbocycles. The summed E-state index contributed by atoms with van der Waals surface area (Å²) in [6, 6.07) is 57.7. The van der Waals surface area contributed by atoms with Gasteiger partial charge in [-0.1, -0.05) is 97.1 Å². The van der Waals surface area contributed by atoms with Crippen molar-refractivity contribution in [2.45, 2.75) is 25.7 Å². The number of para-hydroxylation sites is 4. The lowest BCUT2D eigenvalue weighted by molar-refractivity contribution is 0.767. The minimum absolute atomic E-state index is 0.981. The molecule has 0 spiro atoms. The first kappa shape index (κ1) is 31.0. The molecule has 0 unspecified atom stereocenters. The van der Waals surface area contributed by atoms with E-state index in [-0.39, 0.29) is 0 Å². The number of hydrogen-bond donors (Lipinski definition) is 0. The van der Waals surface area contributed by atoms with Crippen LogP contribution in [-0.4, -0.2) is 23.1 Å². The molecule has 0 saturated carbocycles. The molecular formula is C50H38N4. The Morgan fingerprint density at radius 1 is 0.389 bits per heavy atom. The summed E-state index contributed by atoms with van der Waals surface area (Å²) in [5.41, 5.74) is 14.1. The normalized spacial score (nSPS) is 14.1. The van der Waals surface area contributed by atoms with Crippen molar-refractivity contribution in [3.05, 3.63) is 169 Å². The third kappa shape index (κ3) is 5.05. The van der Waals surface area contributed by atoms with Crippen LogP contribution in [0.4, 0.5) is 22.7 Å². The maximum atomic E-state index is 5.37. The summed E-state index contributed by atoms with van der Waals surface area (Å²) in [6.07, 6.45) is 4.47. The topological polar surface area (TPSA) is 32.3 Å². The van der Waals surface area contributed by atoms with Gasteiger partial charge in [0, 0.05) is 57.7 Å². The maximum Gasteiger partial charge on any atom is 0.0722 e. The lowest BCUT2D eigenvalue weighted by Gasteiger charge is -2.32. The molecule has 4 heteroatoms. The Morgan fingerprint density at radius 3 is 1.33 bits per heavy atom. The van der Waals surface area contributed by atoms with Crippen LogP contribution in [0.1, 0.15) is 24.0 Å². The predicted octanol–water partition coefficient (Wildman–Crippen LogP) is 12.6. The van der Waals surface area contributed by atoms with E-state index in [9.17, 15) is 0 Å². The largest absolute Gasteiger partial charge is 0.341 e. The number of nitrogens with zero attached hydrogens (tertiary/aromatic N) is 4. The van der Waals surface area contributed by atoms with Gasteiger partial charge >= 0.3 is 0 Å². The molecule has 4 nitrogen and oxygen atoms in total. The highest BCUT2D eigenvalue weighted by molar-refractivity contribution is 6.22. The summed E-state index contributed by atoms with van der Waals surface area (Å²) >= 11 is 0. The van der Waals surface area contributed by atoms with E-state index in [1.807, 2.05) is 0 Å². The first-order chi connectivity index (χ1) is 26.8. The second kappa shape index (κ2) is 12.6. The van der Waals surface area contributed by atoms with Gasteiger partial charge in [-0.05, 0) is 119 Å². The first-order valence-electron chi connectivity index (χ1n) is 19.2. The number of rotatable bonds is 4. The van der Waals surface area contributed by atoms with Gasteiger partial charge in [-0.3, -0.25) is 0 Å². The van der Waals surface area contributed by atoms with E-state index in [2.05, 4.69) is 168 Å². The van der Waals surface area contributed by atoms with Crippen LogP contribution < -0.4 is 9.80 Å². The Balaban J connectivity index is 1.24. The Morgan fingerprint density at radius 2 is 0.833 bits per heavy atom. The predicted molar refractivity (Wildman–Crippen MR) is 226 cm³/mol. The van der Waals surface area contributed by atoms with E-state index in [1.54, 1.807) is 0 Å². The van der Waals surface area contributed by atoms with Gasteiger partial charge in [0.1, 0.15) is 0 Å². The highest BCUT2D eigenvalue weighted by Crippen LogP contribution is 2.47. The fraction of sp³-hybridized carbons (Fsp3) is 0.120. The molecule has 0 N–H and O–H groups in total. The molecule has 4 heterocycles. The smallest absolute Gasteiger partial charge is 0.0722 e. The van der Waals surface area contributed by atoms with E-state index >= 15 is 0 Å². The van der Waals surface area contributed by atoms with Crippen molar-refractivity contribution in [2.75, 3.05) is 22.9 Å². The van der Waals surface area contributed by atoms with Gasteiger partial charge in [-0.2, -0.15) is 0 Å². The molecule has 0 amide bonds. The maximum absolute atomic E-state index is 5.37. The summed E-state index contributed by atoms with van der Waals surface area (Å²) in [4.78, 5) is 15.7. The van der Waals surface area contributed by atoms with E-state index < -0.39 is 0 Å². The summed E-state index contributed by atoms with van der Waals surface area (Å²) in [7, 11) is 0. The van der Waals surface area contributed by atoms with Gasteiger partial charge in [0.2, 0.25) is 0 Å². The molecule has 2 aromatic heterocycles. The molecule has 9 aromatic rings. The average molecular weight is 695 g/mol. The van der Waals surface area contributed by atoms with E-state index in [4.69, 9.17) is 9.97 Å². The second-order valence-electron chi connectivity index (χ2n) is 14.8. The van der Waals surface area contributed by atoms with Crippen LogP contribution in [-0.2, 0) is 12.8 Å². The molecule has 0 saturated heterocycles. The molecule has 11 rings (SSSR count). The van der Waals surface area contributed by atoms with Crippen LogP contribution in [0.5, 0.6) is 0 Å². The summed E-state index contributed by atoms with van der Waals surface area (Å²) in [6.45, 7) is 1.97. The number of fused-ring (bicyclic) bond motifs is 6. The zero-order chi connectivity index (χ0) is 35.6. The number of anilines is 4. The Bertz CT molecular complexity index is 2730. The third-order valence-electron chi connectivity index (χ3n) is 11.6. The Kier molecular flexibility index (Phi) is 7.22. The number of aromatic nitrogens is 2. The molecule has 0 fully saturated rings. The molecule has 2 aliphatic rings. The number of pyridine rings is 2. The van der Waals surface area contributed by atoms with Gasteiger partial charge in [0.15, 0.2) is 0 Å². The Labute approximate surface area is 315 Å². The van der Waals surface area contributed by atoms with E-state index in [1.165, 1.54) is 55.4 Å². The molecule has 2 aliphatic heterocycles. The lowest BCUT2D eigenvalue weighted by Crippen LogP contribution is -2.24. The zero-order valence-electron chi connectivity index (χ0n) is 30.0. The molecule has 258 valence electrons. The van der Waals surface area contributed by atoms with Crippen molar-refractivity contribution in [3.63, 3.8) is 0 Å². The standard InChI is InChI=1S/C50H38N4/c1-5-17-43-33(11-1)21-27-45(51-43)49-39-25-23-38(54-30-10-16-36-14-4-8-20-48(36)54)32-42(39)50(46-28-22-34-12-2-6-18-44(34)52-46)40-26-24-37(31-41(40)49)53-29-9-15-35-13-3-7-19-47(35)53/h1-8,11-14,17-28,31-32H,9-10,15-16,29-30H2. The average Bonchev–Trinajstić information content (AvgIpc) is 3.24. The summed E-state index contributed by atoms with van der Waals surface area (Å²) in [5, 5.41) is 7.02. The van der Waals surface area contributed by atoms with Crippen LogP contribution >= 0.6 is 0 Å². The van der Waals surface area contributed by atoms with Gasteiger partial charge in [0.25, 0.3) is 0 Å². The lowest BCUT2D eigenvalue weighted by atomic mass is 9.87. The molecular weight excluding hydrogens is 657 g/mol. The van der Waals surface area contributed by atoms with Crippen LogP contribution in [0.3, 0.4) is 0 Å². The SMILES string of the molecule is c1ccc2c(c1)CCCN2c1ccc2c(-c3ccc4ccccc4n3)c3cc(N4CCCc5ccccc54)ccc3c(-c3ccc4ccccc4n3)c2c1. The van der Waals surface area contributed by atoms with Crippen molar-refractivity contribution in [1.29, 1.82) is 0 Å². The van der Waals surface area contributed by atoms with Crippen molar-refractivity contribution in [1.82, 2.24) is 9.97 Å². The first-order valence-corrected chi connectivity index (χ1v) is 19.2. The molecule has 7 aromatic carbocycles. The van der Waals surface area contributed by atoms with Gasteiger partial charge in [0.05, 0.1) is 22.4 Å². The van der Waals surface area contributed by atoms with Crippen LogP contribution in [0, 0.1) is 0 Å². The fourth-order valence-corrected chi connectivity index (χ4v) is 9.11. The minimum atomic E-state index is 0.981. The van der Waals surface area contributed by atoms with Crippen LogP contribution in [0.2, 0.25) is 0 Å². The number of hydrogen-bond acceptors (Lipinski definition) is 4. The van der Waals surface area contributed by atoms with Crippen molar-refractivity contribution in [3.8, 4) is 22.5 Å². The second-order valence-corrected chi connectivity index (χ2v) is 14.8. The van der Waals surface area contributed by atoms with Crippen molar-refractivity contribution < 1.29 is 0 Å².